The first kappa shape index (κ1) is 16.4. The van der Waals surface area contributed by atoms with Crippen LogP contribution in [0.1, 0.15) is 23.5 Å². The van der Waals surface area contributed by atoms with Crippen LogP contribution in [0.15, 0.2) is 48.5 Å². The molecule has 2 aliphatic heterocycles. The second kappa shape index (κ2) is 6.69. The molecule has 0 amide bonds. The highest BCUT2D eigenvalue weighted by molar-refractivity contribution is 7.87. The average Bonchev–Trinajstić information content (AvgIpc) is 2.98. The number of benzene rings is 2. The fourth-order valence-electron chi connectivity index (χ4n) is 3.52. The summed E-state index contributed by atoms with van der Waals surface area (Å²) in [5.74, 6) is 1.40. The van der Waals surface area contributed by atoms with Gasteiger partial charge in [0.25, 0.3) is 0 Å². The maximum Gasteiger partial charge on any atom is 0.309 e. The maximum atomic E-state index is 12.3. The molecule has 2 heterocycles. The predicted octanol–water partition coefficient (Wildman–Crippen LogP) is 2.48. The number of nitrogens with one attached hydrogen (secondary N) is 1. The zero-order chi connectivity index (χ0) is 17.3. The third kappa shape index (κ3) is 3.65. The minimum atomic E-state index is -3.64. The predicted molar refractivity (Wildman–Crippen MR) is 95.6 cm³/mol. The molecule has 2 unspecified atom stereocenters. The molecule has 5 nitrogen and oxygen atoms in total. The summed E-state index contributed by atoms with van der Waals surface area (Å²) >= 11 is 0. The Morgan fingerprint density at radius 3 is 2.84 bits per heavy atom. The van der Waals surface area contributed by atoms with E-state index in [9.17, 15) is 8.42 Å². The van der Waals surface area contributed by atoms with Crippen molar-refractivity contribution in [1.29, 1.82) is 0 Å². The van der Waals surface area contributed by atoms with Crippen molar-refractivity contribution in [3.63, 3.8) is 0 Å². The van der Waals surface area contributed by atoms with Crippen molar-refractivity contribution in [1.82, 2.24) is 5.32 Å². The van der Waals surface area contributed by atoms with Crippen LogP contribution in [0.3, 0.4) is 0 Å². The molecule has 2 aliphatic rings. The first-order valence-electron chi connectivity index (χ1n) is 8.58. The van der Waals surface area contributed by atoms with E-state index in [1.807, 2.05) is 36.4 Å². The molecule has 1 saturated heterocycles. The fraction of sp³-hybridized carbons (Fsp3) is 0.368. The van der Waals surface area contributed by atoms with E-state index < -0.39 is 10.1 Å². The summed E-state index contributed by atoms with van der Waals surface area (Å²) in [5.41, 5.74) is 2.13. The molecule has 4 rings (SSSR count). The number of aryl methyl sites for hydroxylation is 1. The van der Waals surface area contributed by atoms with E-state index in [2.05, 4.69) is 5.32 Å². The number of fused-ring (bicyclic) bond motifs is 3. The van der Waals surface area contributed by atoms with Gasteiger partial charge in [-0.3, -0.25) is 0 Å². The van der Waals surface area contributed by atoms with Crippen molar-refractivity contribution < 1.29 is 17.3 Å². The Morgan fingerprint density at radius 1 is 1.16 bits per heavy atom. The number of rotatable bonds is 5. The molecule has 6 heteroatoms. The quantitative estimate of drug-likeness (QED) is 0.831. The number of hydrogen-bond donors (Lipinski definition) is 1. The molecule has 0 aromatic heterocycles. The highest BCUT2D eigenvalue weighted by atomic mass is 32.2. The SMILES string of the molecule is O=S(=O)(CCc1ccccc1)Oc1ccc2c(c1)OC1CNCCC21. The maximum absolute atomic E-state index is 12.3. The van der Waals surface area contributed by atoms with Gasteiger partial charge in [0.2, 0.25) is 0 Å². The summed E-state index contributed by atoms with van der Waals surface area (Å²) in [5, 5.41) is 3.32. The largest absolute Gasteiger partial charge is 0.488 e. The van der Waals surface area contributed by atoms with Crippen LogP contribution in [-0.2, 0) is 16.5 Å². The summed E-state index contributed by atoms with van der Waals surface area (Å²) in [4.78, 5) is 0. The second-order valence-corrected chi connectivity index (χ2v) is 8.23. The van der Waals surface area contributed by atoms with E-state index in [0.29, 0.717) is 18.1 Å². The van der Waals surface area contributed by atoms with Crippen molar-refractivity contribution in [3.05, 3.63) is 59.7 Å². The summed E-state index contributed by atoms with van der Waals surface area (Å²) < 4.78 is 35.7. The zero-order valence-corrected chi connectivity index (χ0v) is 14.7. The summed E-state index contributed by atoms with van der Waals surface area (Å²) in [6, 6.07) is 14.9. The molecule has 0 aliphatic carbocycles. The molecule has 2 atom stereocenters. The van der Waals surface area contributed by atoms with Crippen molar-refractivity contribution >= 4 is 10.1 Å². The summed E-state index contributed by atoms with van der Waals surface area (Å²) in [6.07, 6.45) is 1.60. The van der Waals surface area contributed by atoms with E-state index >= 15 is 0 Å². The van der Waals surface area contributed by atoms with Crippen LogP contribution in [0.5, 0.6) is 11.5 Å². The molecule has 25 heavy (non-hydrogen) atoms. The molecular weight excluding hydrogens is 338 g/mol. The minimum Gasteiger partial charge on any atom is -0.488 e. The van der Waals surface area contributed by atoms with E-state index in [4.69, 9.17) is 8.92 Å². The topological polar surface area (TPSA) is 64.6 Å². The van der Waals surface area contributed by atoms with Crippen LogP contribution in [-0.4, -0.2) is 33.4 Å². The summed E-state index contributed by atoms with van der Waals surface area (Å²) in [6.45, 7) is 1.81. The molecule has 1 N–H and O–H groups in total. The lowest BCUT2D eigenvalue weighted by atomic mass is 9.90. The molecule has 0 spiro atoms. The van der Waals surface area contributed by atoms with Gasteiger partial charge in [0.05, 0.1) is 5.75 Å². The highest BCUT2D eigenvalue weighted by Gasteiger charge is 2.36. The van der Waals surface area contributed by atoms with Crippen molar-refractivity contribution in [3.8, 4) is 11.5 Å². The Labute approximate surface area is 148 Å². The van der Waals surface area contributed by atoms with E-state index in [1.165, 1.54) is 0 Å². The monoisotopic (exact) mass is 359 g/mol. The van der Waals surface area contributed by atoms with Gasteiger partial charge in [-0.1, -0.05) is 36.4 Å². The average molecular weight is 359 g/mol. The normalized spacial score (nSPS) is 21.9. The fourth-order valence-corrected chi connectivity index (χ4v) is 4.49. The lowest BCUT2D eigenvalue weighted by molar-refractivity contribution is 0.176. The first-order chi connectivity index (χ1) is 12.1. The molecule has 0 saturated carbocycles. The molecule has 0 radical (unpaired) electrons. The van der Waals surface area contributed by atoms with Crippen molar-refractivity contribution in [2.45, 2.75) is 24.9 Å². The van der Waals surface area contributed by atoms with Gasteiger partial charge in [0, 0.05) is 24.1 Å². The Bertz CT molecular complexity index is 851. The van der Waals surface area contributed by atoms with E-state index in [-0.39, 0.29) is 11.9 Å². The Kier molecular flexibility index (Phi) is 4.39. The minimum absolute atomic E-state index is 0.0515. The van der Waals surface area contributed by atoms with Gasteiger partial charge in [-0.15, -0.1) is 0 Å². The van der Waals surface area contributed by atoms with Gasteiger partial charge in [0.1, 0.15) is 17.6 Å². The van der Waals surface area contributed by atoms with Crippen LogP contribution in [0.4, 0.5) is 0 Å². The van der Waals surface area contributed by atoms with Crippen molar-refractivity contribution in [2.75, 3.05) is 18.8 Å². The molecular formula is C19H21NO4S. The Morgan fingerprint density at radius 2 is 2.00 bits per heavy atom. The molecule has 2 aromatic carbocycles. The van der Waals surface area contributed by atoms with Gasteiger partial charge in [-0.05, 0) is 31.0 Å². The van der Waals surface area contributed by atoms with Crippen LogP contribution in [0, 0.1) is 0 Å². The van der Waals surface area contributed by atoms with Gasteiger partial charge < -0.3 is 14.2 Å². The van der Waals surface area contributed by atoms with Gasteiger partial charge in [0.15, 0.2) is 0 Å². The third-order valence-corrected chi connectivity index (χ3v) is 5.95. The number of ether oxygens (including phenoxy) is 1. The number of piperidine rings is 1. The van der Waals surface area contributed by atoms with Gasteiger partial charge >= 0.3 is 10.1 Å². The number of hydrogen-bond acceptors (Lipinski definition) is 5. The Balaban J connectivity index is 1.44. The Hall–Kier alpha value is -2.05. The first-order valence-corrected chi connectivity index (χ1v) is 10.2. The lowest BCUT2D eigenvalue weighted by Crippen LogP contribution is -2.39. The molecule has 1 fully saturated rings. The van der Waals surface area contributed by atoms with E-state index in [1.54, 1.807) is 12.1 Å². The molecule has 0 bridgehead atoms. The van der Waals surface area contributed by atoms with Crippen LogP contribution < -0.4 is 14.2 Å². The van der Waals surface area contributed by atoms with E-state index in [0.717, 1.165) is 36.4 Å². The van der Waals surface area contributed by atoms with Crippen LogP contribution in [0.25, 0.3) is 0 Å². The summed E-state index contributed by atoms with van der Waals surface area (Å²) in [7, 11) is -3.64. The standard InChI is InChI=1S/C19H21NO4S/c21-25(22,11-9-14-4-2-1-3-5-14)24-15-6-7-16-17-8-10-20-13-19(17)23-18(16)12-15/h1-7,12,17,19-20H,8-11,13H2. The van der Waals surface area contributed by atoms with Crippen LogP contribution >= 0.6 is 0 Å². The van der Waals surface area contributed by atoms with Crippen LogP contribution in [0.2, 0.25) is 0 Å². The second-order valence-electron chi connectivity index (χ2n) is 6.54. The third-order valence-electron chi connectivity index (χ3n) is 4.80. The van der Waals surface area contributed by atoms with Crippen molar-refractivity contribution in [2.24, 2.45) is 0 Å². The lowest BCUT2D eigenvalue weighted by Gasteiger charge is -2.24. The smallest absolute Gasteiger partial charge is 0.309 e. The van der Waals surface area contributed by atoms with Gasteiger partial charge in [-0.2, -0.15) is 8.42 Å². The molecule has 2 aromatic rings. The highest BCUT2D eigenvalue weighted by Crippen LogP contribution is 2.43. The zero-order valence-electron chi connectivity index (χ0n) is 13.9. The van der Waals surface area contributed by atoms with Gasteiger partial charge in [-0.25, -0.2) is 0 Å². The molecule has 132 valence electrons.